The zero-order valence-electron chi connectivity index (χ0n) is 14.9. The van der Waals surface area contributed by atoms with Crippen molar-refractivity contribution in [2.24, 2.45) is 0 Å². The number of ketones is 1. The molecule has 4 nitrogen and oxygen atoms in total. The first-order valence-electron chi connectivity index (χ1n) is 8.86. The molecule has 0 spiro atoms. The Morgan fingerprint density at radius 1 is 0.857 bits per heavy atom. The van der Waals surface area contributed by atoms with Crippen LogP contribution in [-0.2, 0) is 11.3 Å². The first-order chi connectivity index (χ1) is 13.6. The number of para-hydroxylation sites is 1. The molecule has 0 aliphatic rings. The fourth-order valence-corrected chi connectivity index (χ4v) is 3.30. The van der Waals surface area contributed by atoms with Crippen LogP contribution in [0.4, 0.5) is 0 Å². The number of hydrogen-bond acceptors (Lipinski definition) is 2. The molecule has 28 heavy (non-hydrogen) atoms. The van der Waals surface area contributed by atoms with Crippen molar-refractivity contribution >= 4 is 34.2 Å². The zero-order chi connectivity index (χ0) is 19.5. The number of benzene rings is 3. The van der Waals surface area contributed by atoms with E-state index >= 15 is 0 Å². The minimum Gasteiger partial charge on any atom is -0.354 e. The lowest BCUT2D eigenvalue weighted by Crippen LogP contribution is -2.30. The maximum Gasteiger partial charge on any atom is 0.292 e. The molecule has 138 valence electrons. The third-order valence-electron chi connectivity index (χ3n) is 4.57. The molecule has 0 fully saturated rings. The van der Waals surface area contributed by atoms with Crippen LogP contribution in [0.3, 0.4) is 0 Å². The van der Waals surface area contributed by atoms with E-state index in [1.165, 1.54) is 0 Å². The van der Waals surface area contributed by atoms with Gasteiger partial charge < -0.3 is 10.3 Å². The second-order valence-corrected chi connectivity index (χ2v) is 6.86. The number of nitrogens with one attached hydrogen (secondary N) is 2. The normalized spacial score (nSPS) is 10.8. The summed E-state index contributed by atoms with van der Waals surface area (Å²) in [6.45, 7) is 0.255. The number of carbonyl (C=O) groups is 2. The highest BCUT2D eigenvalue weighted by molar-refractivity contribution is 6.46. The van der Waals surface area contributed by atoms with Gasteiger partial charge in [0.2, 0.25) is 0 Å². The largest absolute Gasteiger partial charge is 0.354 e. The summed E-state index contributed by atoms with van der Waals surface area (Å²) in [5, 5.41) is 4.06. The molecule has 1 heterocycles. The van der Waals surface area contributed by atoms with E-state index in [0.717, 1.165) is 22.0 Å². The van der Waals surface area contributed by atoms with E-state index in [4.69, 9.17) is 11.6 Å². The van der Waals surface area contributed by atoms with Gasteiger partial charge in [-0.05, 0) is 29.3 Å². The molecule has 0 atom stereocenters. The molecule has 0 bridgehead atoms. The number of amides is 1. The van der Waals surface area contributed by atoms with E-state index in [2.05, 4.69) is 10.3 Å². The van der Waals surface area contributed by atoms with Crippen molar-refractivity contribution in [3.63, 3.8) is 0 Å². The maximum absolute atomic E-state index is 13.0. The lowest BCUT2D eigenvalue weighted by molar-refractivity contribution is -0.117. The molecule has 0 unspecified atom stereocenters. The van der Waals surface area contributed by atoms with Crippen molar-refractivity contribution in [3.05, 3.63) is 95.0 Å². The number of halogens is 1. The van der Waals surface area contributed by atoms with Crippen molar-refractivity contribution in [1.82, 2.24) is 10.3 Å². The molecule has 3 aromatic carbocycles. The minimum atomic E-state index is -0.642. The summed E-state index contributed by atoms with van der Waals surface area (Å²) in [7, 11) is 0. The van der Waals surface area contributed by atoms with Crippen LogP contribution in [-0.4, -0.2) is 16.7 Å². The standard InChI is InChI=1S/C23H17ClN2O2/c24-17-12-10-15(11-13-17)14-25-23(28)22(27)20-18-8-4-5-9-19(18)26-21(20)16-6-2-1-3-7-16/h1-13,26H,14H2,(H,25,28). The Hall–Kier alpha value is -3.37. The Bertz CT molecular complexity index is 1150. The maximum atomic E-state index is 13.0. The molecule has 0 saturated heterocycles. The Morgan fingerprint density at radius 3 is 2.29 bits per heavy atom. The van der Waals surface area contributed by atoms with E-state index in [-0.39, 0.29) is 6.54 Å². The molecular weight excluding hydrogens is 372 g/mol. The van der Waals surface area contributed by atoms with E-state index < -0.39 is 11.7 Å². The molecular formula is C23H17ClN2O2. The number of Topliss-reactive ketones (excluding diaryl/α,β-unsaturated/α-hetero) is 1. The minimum absolute atomic E-state index is 0.255. The van der Waals surface area contributed by atoms with Gasteiger partial charge in [-0.2, -0.15) is 0 Å². The second kappa shape index (κ2) is 7.71. The fourth-order valence-electron chi connectivity index (χ4n) is 3.18. The number of fused-ring (bicyclic) bond motifs is 1. The summed E-state index contributed by atoms with van der Waals surface area (Å²) < 4.78 is 0. The van der Waals surface area contributed by atoms with Gasteiger partial charge in [-0.25, -0.2) is 0 Å². The van der Waals surface area contributed by atoms with Crippen LogP contribution in [0.5, 0.6) is 0 Å². The van der Waals surface area contributed by atoms with Crippen molar-refractivity contribution < 1.29 is 9.59 Å². The average Bonchev–Trinajstić information content (AvgIpc) is 3.13. The molecule has 0 aliphatic carbocycles. The Morgan fingerprint density at radius 2 is 1.54 bits per heavy atom. The summed E-state index contributed by atoms with van der Waals surface area (Å²) in [5.74, 6) is -1.21. The SMILES string of the molecule is O=C(NCc1ccc(Cl)cc1)C(=O)c1c(-c2ccccc2)[nH]c2ccccc12. The van der Waals surface area contributed by atoms with Gasteiger partial charge in [-0.3, -0.25) is 9.59 Å². The van der Waals surface area contributed by atoms with Gasteiger partial charge in [0.05, 0.1) is 11.3 Å². The summed E-state index contributed by atoms with van der Waals surface area (Å²) in [6.07, 6.45) is 0. The first kappa shape index (κ1) is 18.0. The highest BCUT2D eigenvalue weighted by atomic mass is 35.5. The van der Waals surface area contributed by atoms with E-state index in [0.29, 0.717) is 16.3 Å². The van der Waals surface area contributed by atoms with Gasteiger partial charge in [-0.1, -0.05) is 72.3 Å². The smallest absolute Gasteiger partial charge is 0.292 e. The molecule has 1 aromatic heterocycles. The number of H-pyrrole nitrogens is 1. The van der Waals surface area contributed by atoms with Crippen LogP contribution in [0.2, 0.25) is 5.02 Å². The van der Waals surface area contributed by atoms with E-state index in [1.807, 2.05) is 66.7 Å². The lowest BCUT2D eigenvalue weighted by Gasteiger charge is -2.07. The summed E-state index contributed by atoms with van der Waals surface area (Å²) in [6, 6.07) is 24.1. The van der Waals surface area contributed by atoms with Crippen LogP contribution in [0.15, 0.2) is 78.9 Å². The predicted octanol–water partition coefficient (Wildman–Crippen LogP) is 4.99. The molecule has 0 saturated carbocycles. The van der Waals surface area contributed by atoms with Gasteiger partial charge in [0, 0.05) is 22.5 Å². The topological polar surface area (TPSA) is 62.0 Å². The second-order valence-electron chi connectivity index (χ2n) is 6.42. The van der Waals surface area contributed by atoms with E-state index in [9.17, 15) is 9.59 Å². The predicted molar refractivity (Wildman–Crippen MR) is 111 cm³/mol. The van der Waals surface area contributed by atoms with Gasteiger partial charge in [0.1, 0.15) is 0 Å². The Labute approximate surface area is 167 Å². The molecule has 2 N–H and O–H groups in total. The van der Waals surface area contributed by atoms with Crippen molar-refractivity contribution in [1.29, 1.82) is 0 Å². The number of aromatic amines is 1. The average molecular weight is 389 g/mol. The summed E-state index contributed by atoms with van der Waals surface area (Å²) in [4.78, 5) is 28.9. The van der Waals surface area contributed by atoms with E-state index in [1.54, 1.807) is 12.1 Å². The van der Waals surface area contributed by atoms with Crippen LogP contribution in [0, 0.1) is 0 Å². The molecule has 4 aromatic rings. The molecule has 5 heteroatoms. The number of aromatic nitrogens is 1. The first-order valence-corrected chi connectivity index (χ1v) is 9.24. The summed E-state index contributed by atoms with van der Waals surface area (Å²) >= 11 is 5.88. The Balaban J connectivity index is 1.66. The molecule has 0 radical (unpaired) electrons. The van der Waals surface area contributed by atoms with Gasteiger partial charge in [0.25, 0.3) is 11.7 Å². The highest BCUT2D eigenvalue weighted by Gasteiger charge is 2.24. The monoisotopic (exact) mass is 388 g/mol. The van der Waals surface area contributed by atoms with Crippen LogP contribution in [0.1, 0.15) is 15.9 Å². The van der Waals surface area contributed by atoms with Crippen molar-refractivity contribution in [2.45, 2.75) is 6.54 Å². The van der Waals surface area contributed by atoms with Gasteiger partial charge in [-0.15, -0.1) is 0 Å². The number of hydrogen-bond donors (Lipinski definition) is 2. The quantitative estimate of drug-likeness (QED) is 0.374. The third kappa shape index (κ3) is 3.55. The molecule has 1 amide bonds. The third-order valence-corrected chi connectivity index (χ3v) is 4.82. The van der Waals surface area contributed by atoms with Crippen molar-refractivity contribution in [2.75, 3.05) is 0 Å². The van der Waals surface area contributed by atoms with Crippen molar-refractivity contribution in [3.8, 4) is 11.3 Å². The van der Waals surface area contributed by atoms with Crippen LogP contribution in [0.25, 0.3) is 22.2 Å². The molecule has 0 aliphatic heterocycles. The van der Waals surface area contributed by atoms with Crippen LogP contribution < -0.4 is 5.32 Å². The zero-order valence-corrected chi connectivity index (χ0v) is 15.7. The number of rotatable bonds is 5. The summed E-state index contributed by atoms with van der Waals surface area (Å²) in [5.41, 5.74) is 3.57. The van der Waals surface area contributed by atoms with Crippen LogP contribution >= 0.6 is 11.6 Å². The molecule has 4 rings (SSSR count). The van der Waals surface area contributed by atoms with Gasteiger partial charge >= 0.3 is 0 Å². The van der Waals surface area contributed by atoms with Gasteiger partial charge in [0.15, 0.2) is 0 Å². The lowest BCUT2D eigenvalue weighted by atomic mass is 10.0. The number of carbonyl (C=O) groups excluding carboxylic acids is 2. The Kier molecular flexibility index (Phi) is 4.96. The fraction of sp³-hybridized carbons (Fsp3) is 0.0435. The highest BCUT2D eigenvalue weighted by Crippen LogP contribution is 2.30.